The van der Waals surface area contributed by atoms with E-state index in [4.69, 9.17) is 9.72 Å². The van der Waals surface area contributed by atoms with Crippen molar-refractivity contribution in [2.24, 2.45) is 5.92 Å². The Bertz CT molecular complexity index is 1050. The van der Waals surface area contributed by atoms with Crippen LogP contribution in [0.5, 0.6) is 5.75 Å². The molecule has 1 saturated heterocycles. The van der Waals surface area contributed by atoms with Crippen molar-refractivity contribution in [1.82, 2.24) is 4.98 Å². The Morgan fingerprint density at radius 2 is 1.83 bits per heavy atom. The Hall–Kier alpha value is -3.28. The lowest BCUT2D eigenvalue weighted by Crippen LogP contribution is -2.32. The number of hydrogen-bond acceptors (Lipinski definition) is 4. The molecule has 6 nitrogen and oxygen atoms in total. The number of nitrogens with zero attached hydrogens (tertiary/aromatic N) is 2. The summed E-state index contributed by atoms with van der Waals surface area (Å²) in [7, 11) is 1.61. The number of urea groups is 1. The van der Waals surface area contributed by atoms with Crippen molar-refractivity contribution in [2.75, 3.05) is 29.2 Å². The summed E-state index contributed by atoms with van der Waals surface area (Å²) >= 11 is 0. The van der Waals surface area contributed by atoms with E-state index in [1.165, 1.54) is 19.3 Å². The number of anilines is 3. The first kappa shape index (κ1) is 17.8. The van der Waals surface area contributed by atoms with E-state index < -0.39 is 0 Å². The van der Waals surface area contributed by atoms with Crippen LogP contribution in [0.25, 0.3) is 10.9 Å². The molecule has 2 atom stereocenters. The minimum absolute atomic E-state index is 0.285. The van der Waals surface area contributed by atoms with Crippen LogP contribution in [0.1, 0.15) is 19.3 Å². The normalized spacial score (nSPS) is 20.1. The van der Waals surface area contributed by atoms with Gasteiger partial charge in [-0.15, -0.1) is 0 Å². The predicted molar refractivity (Wildman–Crippen MR) is 116 cm³/mol. The van der Waals surface area contributed by atoms with Crippen molar-refractivity contribution < 1.29 is 9.53 Å². The van der Waals surface area contributed by atoms with Crippen molar-refractivity contribution >= 4 is 34.1 Å². The molecule has 2 aromatic carbocycles. The van der Waals surface area contributed by atoms with E-state index in [1.807, 2.05) is 18.2 Å². The predicted octanol–water partition coefficient (Wildman–Crippen LogP) is 4.88. The van der Waals surface area contributed by atoms with Gasteiger partial charge < -0.3 is 20.3 Å². The zero-order valence-electron chi connectivity index (χ0n) is 16.4. The molecule has 1 aromatic heterocycles. The maximum Gasteiger partial charge on any atom is 0.323 e. The molecule has 3 aromatic rings. The Labute approximate surface area is 169 Å². The second-order valence-corrected chi connectivity index (χ2v) is 7.87. The highest BCUT2D eigenvalue weighted by molar-refractivity contribution is 6.01. The number of methoxy groups -OCH3 is 1. The van der Waals surface area contributed by atoms with Gasteiger partial charge in [0.1, 0.15) is 11.6 Å². The minimum Gasteiger partial charge on any atom is -0.497 e. The van der Waals surface area contributed by atoms with Gasteiger partial charge in [-0.1, -0.05) is 0 Å². The number of ether oxygens (including phenoxy) is 1. The lowest BCUT2D eigenvalue weighted by atomic mass is 10.1. The van der Waals surface area contributed by atoms with Crippen LogP contribution in [0.3, 0.4) is 0 Å². The highest BCUT2D eigenvalue weighted by Crippen LogP contribution is 2.39. The third-order valence-corrected chi connectivity index (χ3v) is 5.98. The number of fused-ring (bicyclic) bond motifs is 3. The Morgan fingerprint density at radius 1 is 1.03 bits per heavy atom. The molecule has 0 unspecified atom stereocenters. The SMILES string of the molecule is COc1ccc(NC(=O)Nc2ccc3nc(N4C[C@H]5CC[C@H]4C5)ccc3c2)cc1. The summed E-state index contributed by atoms with van der Waals surface area (Å²) in [5, 5.41) is 6.72. The molecule has 1 aliphatic carbocycles. The first-order valence-corrected chi connectivity index (χ1v) is 10.1. The van der Waals surface area contributed by atoms with Crippen LogP contribution >= 0.6 is 0 Å². The van der Waals surface area contributed by atoms with Gasteiger partial charge in [0.25, 0.3) is 0 Å². The standard InChI is InChI=1S/C23H24N4O2/c1-29-20-8-4-17(5-9-20)24-23(28)25-18-6-10-21-16(13-18)3-11-22(26-21)27-14-15-2-7-19(27)12-15/h3-6,8-11,13,15,19H,2,7,12,14H2,1H3,(H2,24,25,28)/t15-,19-/m0/s1. The molecule has 5 rings (SSSR count). The molecule has 1 aliphatic heterocycles. The number of carbonyl (C=O) groups is 1. The molecule has 29 heavy (non-hydrogen) atoms. The molecule has 0 spiro atoms. The molecule has 0 radical (unpaired) electrons. The number of nitrogens with one attached hydrogen (secondary N) is 2. The van der Waals surface area contributed by atoms with Crippen LogP contribution in [-0.2, 0) is 0 Å². The van der Waals surface area contributed by atoms with Gasteiger partial charge in [-0.3, -0.25) is 0 Å². The molecule has 1 saturated carbocycles. The number of rotatable bonds is 4. The first-order valence-electron chi connectivity index (χ1n) is 10.1. The van der Waals surface area contributed by atoms with Gasteiger partial charge in [0.05, 0.1) is 12.6 Å². The quantitative estimate of drug-likeness (QED) is 0.669. The Balaban J connectivity index is 1.28. The van der Waals surface area contributed by atoms with Crippen LogP contribution in [0, 0.1) is 5.92 Å². The summed E-state index contributed by atoms with van der Waals surface area (Å²) in [4.78, 5) is 19.6. The average Bonchev–Trinajstić information content (AvgIpc) is 3.37. The number of amides is 2. The number of benzene rings is 2. The minimum atomic E-state index is -0.285. The molecule has 2 fully saturated rings. The fourth-order valence-electron chi connectivity index (χ4n) is 4.53. The molecule has 2 N–H and O–H groups in total. The summed E-state index contributed by atoms with van der Waals surface area (Å²) in [6.07, 6.45) is 3.96. The van der Waals surface area contributed by atoms with Gasteiger partial charge in [-0.25, -0.2) is 9.78 Å². The smallest absolute Gasteiger partial charge is 0.323 e. The number of carbonyl (C=O) groups excluding carboxylic acids is 1. The van der Waals surface area contributed by atoms with Crippen molar-refractivity contribution in [1.29, 1.82) is 0 Å². The number of piperidine rings is 1. The first-order chi connectivity index (χ1) is 14.2. The van der Waals surface area contributed by atoms with Crippen LogP contribution in [0.4, 0.5) is 22.0 Å². The average molecular weight is 388 g/mol. The van der Waals surface area contributed by atoms with Crippen molar-refractivity contribution in [3.8, 4) is 5.75 Å². The maximum absolute atomic E-state index is 12.3. The number of pyridine rings is 1. The van der Waals surface area contributed by atoms with E-state index in [9.17, 15) is 4.79 Å². The monoisotopic (exact) mass is 388 g/mol. The van der Waals surface area contributed by atoms with E-state index >= 15 is 0 Å². The second kappa shape index (κ2) is 7.28. The topological polar surface area (TPSA) is 66.5 Å². The van der Waals surface area contributed by atoms with E-state index in [2.05, 4.69) is 27.7 Å². The summed E-state index contributed by atoms with van der Waals surface area (Å²) in [6.45, 7) is 1.13. The zero-order valence-corrected chi connectivity index (χ0v) is 16.4. The van der Waals surface area contributed by atoms with Gasteiger partial charge in [0.15, 0.2) is 0 Å². The molecule has 2 aliphatic rings. The summed E-state index contributed by atoms with van der Waals surface area (Å²) < 4.78 is 5.13. The van der Waals surface area contributed by atoms with Gasteiger partial charge in [0.2, 0.25) is 0 Å². The van der Waals surface area contributed by atoms with Gasteiger partial charge in [0, 0.05) is 29.3 Å². The fraction of sp³-hybridized carbons (Fsp3) is 0.304. The van der Waals surface area contributed by atoms with Crippen molar-refractivity contribution in [3.63, 3.8) is 0 Å². The van der Waals surface area contributed by atoms with Crippen LogP contribution < -0.4 is 20.3 Å². The molecule has 2 bridgehead atoms. The van der Waals surface area contributed by atoms with Crippen LogP contribution in [-0.4, -0.2) is 30.7 Å². The molecule has 148 valence electrons. The lowest BCUT2D eigenvalue weighted by Gasteiger charge is -2.28. The van der Waals surface area contributed by atoms with Gasteiger partial charge in [-0.2, -0.15) is 0 Å². The number of hydrogen-bond donors (Lipinski definition) is 2. The van der Waals surface area contributed by atoms with Crippen molar-refractivity contribution in [2.45, 2.75) is 25.3 Å². The van der Waals surface area contributed by atoms with Gasteiger partial charge >= 0.3 is 6.03 Å². The zero-order chi connectivity index (χ0) is 19.8. The molecule has 2 amide bonds. The van der Waals surface area contributed by atoms with Gasteiger partial charge in [-0.05, 0) is 79.8 Å². The van der Waals surface area contributed by atoms with E-state index in [-0.39, 0.29) is 6.03 Å². The third kappa shape index (κ3) is 3.58. The molecule has 2 heterocycles. The van der Waals surface area contributed by atoms with Crippen LogP contribution in [0.2, 0.25) is 0 Å². The molecular formula is C23H24N4O2. The Kier molecular flexibility index (Phi) is 4.46. The van der Waals surface area contributed by atoms with E-state index in [1.54, 1.807) is 31.4 Å². The third-order valence-electron chi connectivity index (χ3n) is 5.98. The molecular weight excluding hydrogens is 364 g/mol. The van der Waals surface area contributed by atoms with Crippen LogP contribution in [0.15, 0.2) is 54.6 Å². The fourth-order valence-corrected chi connectivity index (χ4v) is 4.53. The van der Waals surface area contributed by atoms with E-state index in [0.29, 0.717) is 11.7 Å². The summed E-state index contributed by atoms with van der Waals surface area (Å²) in [5.41, 5.74) is 2.39. The highest BCUT2D eigenvalue weighted by atomic mass is 16.5. The lowest BCUT2D eigenvalue weighted by molar-refractivity contribution is 0.262. The Morgan fingerprint density at radius 3 is 2.55 bits per heavy atom. The molecule has 6 heteroatoms. The number of aromatic nitrogens is 1. The second-order valence-electron chi connectivity index (χ2n) is 7.87. The maximum atomic E-state index is 12.3. The van der Waals surface area contributed by atoms with E-state index in [0.717, 1.165) is 40.6 Å². The summed E-state index contributed by atoms with van der Waals surface area (Å²) in [6, 6.07) is 17.6. The highest BCUT2D eigenvalue weighted by Gasteiger charge is 2.38. The van der Waals surface area contributed by atoms with Crippen molar-refractivity contribution in [3.05, 3.63) is 54.6 Å². The summed E-state index contributed by atoms with van der Waals surface area (Å²) in [5.74, 6) is 2.66. The largest absolute Gasteiger partial charge is 0.497 e.